The molecule has 0 amide bonds. The minimum Gasteiger partial charge on any atom is -0.427 e. The van der Waals surface area contributed by atoms with Gasteiger partial charge in [0, 0.05) is 0 Å². The van der Waals surface area contributed by atoms with E-state index in [-0.39, 0.29) is 5.97 Å². The van der Waals surface area contributed by atoms with Crippen LogP contribution in [0.25, 0.3) is 0 Å². The number of hydrogen-bond acceptors (Lipinski definition) is 3. The lowest BCUT2D eigenvalue weighted by Crippen LogP contribution is -2.29. The third kappa shape index (κ3) is 1.29. The molecule has 0 aromatic rings. The number of carbonyl (C=O) groups is 1. The minimum absolute atomic E-state index is 0.326. The van der Waals surface area contributed by atoms with Crippen molar-refractivity contribution < 1.29 is 14.3 Å². The maximum absolute atomic E-state index is 10.6. The summed E-state index contributed by atoms with van der Waals surface area (Å²) < 4.78 is 9.57. The SMILES string of the molecule is C=C1COC(C)C(=O)O1. The second-order valence-corrected chi connectivity index (χ2v) is 1.91. The average Bonchev–Trinajstić information content (AvgIpc) is 1.80. The molecule has 0 spiro atoms. The van der Waals surface area contributed by atoms with Crippen LogP contribution in [0.1, 0.15) is 6.92 Å². The zero-order valence-corrected chi connectivity index (χ0v) is 5.22. The highest BCUT2D eigenvalue weighted by molar-refractivity contribution is 5.75. The summed E-state index contributed by atoms with van der Waals surface area (Å²) in [4.78, 5) is 10.6. The van der Waals surface area contributed by atoms with Crippen LogP contribution in [-0.2, 0) is 14.3 Å². The van der Waals surface area contributed by atoms with Crippen molar-refractivity contribution in [2.75, 3.05) is 6.61 Å². The van der Waals surface area contributed by atoms with Crippen molar-refractivity contribution in [3.63, 3.8) is 0 Å². The Balaban J connectivity index is 2.54. The van der Waals surface area contributed by atoms with E-state index in [2.05, 4.69) is 11.3 Å². The quantitative estimate of drug-likeness (QED) is 0.444. The van der Waals surface area contributed by atoms with Gasteiger partial charge in [-0.2, -0.15) is 0 Å². The number of cyclic esters (lactones) is 1. The molecular formula is C6H8O3. The van der Waals surface area contributed by atoms with Crippen molar-refractivity contribution in [1.29, 1.82) is 0 Å². The van der Waals surface area contributed by atoms with Crippen LogP contribution < -0.4 is 0 Å². The van der Waals surface area contributed by atoms with Gasteiger partial charge in [-0.1, -0.05) is 6.58 Å². The first-order valence-corrected chi connectivity index (χ1v) is 2.71. The zero-order valence-electron chi connectivity index (χ0n) is 5.22. The van der Waals surface area contributed by atoms with Crippen LogP contribution in [0.15, 0.2) is 12.3 Å². The van der Waals surface area contributed by atoms with Gasteiger partial charge in [-0.15, -0.1) is 0 Å². The summed E-state index contributed by atoms with van der Waals surface area (Å²) in [5, 5.41) is 0. The minimum atomic E-state index is -0.435. The number of rotatable bonds is 0. The monoisotopic (exact) mass is 128 g/mol. The molecule has 1 fully saturated rings. The summed E-state index contributed by atoms with van der Waals surface area (Å²) in [6.07, 6.45) is -0.435. The van der Waals surface area contributed by atoms with Crippen molar-refractivity contribution in [3.8, 4) is 0 Å². The number of esters is 1. The highest BCUT2D eigenvalue weighted by Gasteiger charge is 2.21. The first-order valence-electron chi connectivity index (χ1n) is 2.71. The average molecular weight is 128 g/mol. The van der Waals surface area contributed by atoms with Crippen molar-refractivity contribution >= 4 is 5.97 Å². The maximum atomic E-state index is 10.6. The molecule has 0 aromatic heterocycles. The highest BCUT2D eigenvalue weighted by Crippen LogP contribution is 2.08. The molecular weight excluding hydrogens is 120 g/mol. The van der Waals surface area contributed by atoms with Gasteiger partial charge in [0.2, 0.25) is 0 Å². The third-order valence-corrected chi connectivity index (χ3v) is 1.07. The van der Waals surface area contributed by atoms with Crippen LogP contribution in [-0.4, -0.2) is 18.7 Å². The molecule has 1 aliphatic rings. The Bertz CT molecular complexity index is 150. The van der Waals surface area contributed by atoms with E-state index in [9.17, 15) is 4.79 Å². The first kappa shape index (κ1) is 6.29. The Labute approximate surface area is 53.3 Å². The molecule has 50 valence electrons. The molecule has 0 saturated carbocycles. The molecule has 3 heteroatoms. The fourth-order valence-electron chi connectivity index (χ4n) is 0.541. The predicted molar refractivity (Wildman–Crippen MR) is 30.6 cm³/mol. The number of ether oxygens (including phenoxy) is 2. The standard InChI is InChI=1S/C6H8O3/c1-4-3-8-5(2)6(7)9-4/h5H,1,3H2,2H3. The van der Waals surface area contributed by atoms with Gasteiger partial charge >= 0.3 is 5.97 Å². The van der Waals surface area contributed by atoms with Crippen molar-refractivity contribution in [2.45, 2.75) is 13.0 Å². The maximum Gasteiger partial charge on any atom is 0.340 e. The van der Waals surface area contributed by atoms with E-state index in [4.69, 9.17) is 4.74 Å². The van der Waals surface area contributed by atoms with E-state index >= 15 is 0 Å². The molecule has 1 rings (SSSR count). The lowest BCUT2D eigenvalue weighted by Gasteiger charge is -2.18. The van der Waals surface area contributed by atoms with Crippen LogP contribution >= 0.6 is 0 Å². The van der Waals surface area contributed by atoms with E-state index in [1.807, 2.05) is 0 Å². The normalized spacial score (nSPS) is 27.9. The molecule has 0 aromatic carbocycles. The van der Waals surface area contributed by atoms with Gasteiger partial charge in [-0.25, -0.2) is 4.79 Å². The van der Waals surface area contributed by atoms with Crippen molar-refractivity contribution in [3.05, 3.63) is 12.3 Å². The molecule has 1 saturated heterocycles. The van der Waals surface area contributed by atoms with Gasteiger partial charge in [0.15, 0.2) is 6.10 Å². The van der Waals surface area contributed by atoms with Crippen LogP contribution in [0, 0.1) is 0 Å². The summed E-state index contributed by atoms with van der Waals surface area (Å²) in [6.45, 7) is 5.40. The Kier molecular flexibility index (Phi) is 1.53. The van der Waals surface area contributed by atoms with Gasteiger partial charge in [0.25, 0.3) is 0 Å². The fourth-order valence-corrected chi connectivity index (χ4v) is 0.541. The second kappa shape index (κ2) is 2.19. The lowest BCUT2D eigenvalue weighted by molar-refractivity contribution is -0.160. The van der Waals surface area contributed by atoms with Crippen LogP contribution in [0.3, 0.4) is 0 Å². The molecule has 1 atom stereocenters. The van der Waals surface area contributed by atoms with E-state index in [1.54, 1.807) is 6.92 Å². The summed E-state index contributed by atoms with van der Waals surface area (Å²) in [6, 6.07) is 0. The summed E-state index contributed by atoms with van der Waals surface area (Å²) >= 11 is 0. The summed E-state index contributed by atoms with van der Waals surface area (Å²) in [7, 11) is 0. The van der Waals surface area contributed by atoms with Crippen molar-refractivity contribution in [1.82, 2.24) is 0 Å². The van der Waals surface area contributed by atoms with Gasteiger partial charge in [-0.05, 0) is 6.92 Å². The number of carbonyl (C=O) groups excluding carboxylic acids is 1. The molecule has 0 radical (unpaired) electrons. The Morgan fingerprint density at radius 3 is 2.89 bits per heavy atom. The molecule has 1 unspecified atom stereocenters. The molecule has 1 aliphatic heterocycles. The Hall–Kier alpha value is -0.830. The van der Waals surface area contributed by atoms with Gasteiger partial charge in [-0.3, -0.25) is 0 Å². The van der Waals surface area contributed by atoms with E-state index in [0.717, 1.165) is 0 Å². The van der Waals surface area contributed by atoms with Gasteiger partial charge < -0.3 is 9.47 Å². The number of hydrogen-bond donors (Lipinski definition) is 0. The summed E-state index contributed by atoms with van der Waals surface area (Å²) in [5.74, 6) is 0.0318. The molecule has 0 N–H and O–H groups in total. The fraction of sp³-hybridized carbons (Fsp3) is 0.500. The highest BCUT2D eigenvalue weighted by atomic mass is 16.6. The molecule has 0 bridgehead atoms. The largest absolute Gasteiger partial charge is 0.427 e. The van der Waals surface area contributed by atoms with E-state index < -0.39 is 6.10 Å². The van der Waals surface area contributed by atoms with Crippen LogP contribution in [0.5, 0.6) is 0 Å². The zero-order chi connectivity index (χ0) is 6.85. The van der Waals surface area contributed by atoms with Crippen molar-refractivity contribution in [2.24, 2.45) is 0 Å². The molecule has 9 heavy (non-hydrogen) atoms. The van der Waals surface area contributed by atoms with E-state index in [0.29, 0.717) is 12.4 Å². The third-order valence-electron chi connectivity index (χ3n) is 1.07. The van der Waals surface area contributed by atoms with Crippen LogP contribution in [0.4, 0.5) is 0 Å². The summed E-state index contributed by atoms with van der Waals surface area (Å²) in [5.41, 5.74) is 0. The van der Waals surface area contributed by atoms with Crippen LogP contribution in [0.2, 0.25) is 0 Å². The second-order valence-electron chi connectivity index (χ2n) is 1.91. The predicted octanol–water partition coefficient (Wildman–Crippen LogP) is 0.462. The molecule has 3 nitrogen and oxygen atoms in total. The molecule has 1 heterocycles. The van der Waals surface area contributed by atoms with Gasteiger partial charge in [0.1, 0.15) is 12.4 Å². The smallest absolute Gasteiger partial charge is 0.340 e. The van der Waals surface area contributed by atoms with E-state index in [1.165, 1.54) is 0 Å². The Morgan fingerprint density at radius 1 is 1.78 bits per heavy atom. The Morgan fingerprint density at radius 2 is 2.44 bits per heavy atom. The topological polar surface area (TPSA) is 35.5 Å². The lowest BCUT2D eigenvalue weighted by atomic mass is 10.4. The molecule has 0 aliphatic carbocycles. The van der Waals surface area contributed by atoms with Gasteiger partial charge in [0.05, 0.1) is 0 Å². The first-order chi connectivity index (χ1) is 4.20.